The minimum absolute atomic E-state index is 0.558. The Morgan fingerprint density at radius 1 is 1.00 bits per heavy atom. The number of rotatable bonds is 7. The normalized spacial score (nSPS) is 10.9. The highest BCUT2D eigenvalue weighted by atomic mass is 15.2. The Bertz CT molecular complexity index is 1010. The van der Waals surface area contributed by atoms with E-state index in [1.54, 1.807) is 12.5 Å². The number of nitrogens with one attached hydrogen (secondary N) is 2. The molecule has 3 heterocycles. The third-order valence-corrected chi connectivity index (χ3v) is 4.15. The molecule has 7 nitrogen and oxygen atoms in total. The first-order chi connectivity index (χ1) is 13.3. The predicted octanol–water partition coefficient (Wildman–Crippen LogP) is 3.64. The van der Waals surface area contributed by atoms with Gasteiger partial charge in [-0.1, -0.05) is 31.2 Å². The third-order valence-electron chi connectivity index (χ3n) is 4.15. The van der Waals surface area contributed by atoms with Gasteiger partial charge in [0.15, 0.2) is 17.0 Å². The van der Waals surface area contributed by atoms with Crippen LogP contribution in [0, 0.1) is 0 Å². The average Bonchev–Trinajstić information content (AvgIpc) is 3.16. The first kappa shape index (κ1) is 17.0. The molecule has 0 radical (unpaired) electrons. The molecular formula is C20H21N7. The molecule has 0 amide bonds. The minimum atomic E-state index is 0.558. The molecule has 0 fully saturated rings. The minimum Gasteiger partial charge on any atom is -0.368 e. The van der Waals surface area contributed by atoms with Crippen molar-refractivity contribution in [1.82, 2.24) is 24.5 Å². The van der Waals surface area contributed by atoms with Crippen LogP contribution in [0.25, 0.3) is 16.9 Å². The molecule has 4 rings (SSSR count). The molecule has 2 N–H and O–H groups in total. The number of benzene rings is 1. The summed E-state index contributed by atoms with van der Waals surface area (Å²) in [4.78, 5) is 18.0. The molecule has 0 saturated heterocycles. The summed E-state index contributed by atoms with van der Waals surface area (Å²) in [7, 11) is 0. The summed E-state index contributed by atoms with van der Waals surface area (Å²) in [5.74, 6) is 1.30. The fraction of sp³-hybridized carbons (Fsp3) is 0.200. The van der Waals surface area contributed by atoms with Gasteiger partial charge in [-0.2, -0.15) is 9.97 Å². The van der Waals surface area contributed by atoms with Gasteiger partial charge in [0.2, 0.25) is 5.95 Å². The molecule has 0 spiro atoms. The lowest BCUT2D eigenvalue weighted by Gasteiger charge is -2.10. The third kappa shape index (κ3) is 3.72. The number of hydrogen-bond acceptors (Lipinski definition) is 6. The van der Waals surface area contributed by atoms with Crippen LogP contribution in [0.4, 0.5) is 11.8 Å². The summed E-state index contributed by atoms with van der Waals surface area (Å²) >= 11 is 0. The molecule has 0 atom stereocenters. The van der Waals surface area contributed by atoms with Gasteiger partial charge in [0.1, 0.15) is 6.33 Å². The van der Waals surface area contributed by atoms with E-state index in [0.717, 1.165) is 41.2 Å². The summed E-state index contributed by atoms with van der Waals surface area (Å²) in [6.07, 6.45) is 6.38. The van der Waals surface area contributed by atoms with Crippen molar-refractivity contribution in [3.05, 3.63) is 66.7 Å². The van der Waals surface area contributed by atoms with E-state index in [-0.39, 0.29) is 0 Å². The van der Waals surface area contributed by atoms with Crippen molar-refractivity contribution in [2.24, 2.45) is 0 Å². The van der Waals surface area contributed by atoms with Crippen LogP contribution < -0.4 is 10.6 Å². The maximum Gasteiger partial charge on any atom is 0.227 e. The lowest BCUT2D eigenvalue weighted by Crippen LogP contribution is -2.09. The van der Waals surface area contributed by atoms with Crippen LogP contribution in [-0.2, 0) is 6.54 Å². The molecule has 4 aromatic rings. The average molecular weight is 359 g/mol. The number of imidazole rings is 1. The predicted molar refractivity (Wildman–Crippen MR) is 107 cm³/mol. The van der Waals surface area contributed by atoms with E-state index in [9.17, 15) is 0 Å². The molecule has 7 heteroatoms. The standard InChI is InChI=1S/C20H21N7/c1-2-10-22-18-17-19(27(14-24-17)16-8-4-3-5-9-16)26-20(25-18)23-13-15-7-6-11-21-12-15/h3-9,11-12,14H,2,10,13H2,1H3,(H2,22,23,25,26). The van der Waals surface area contributed by atoms with E-state index < -0.39 is 0 Å². The lowest BCUT2D eigenvalue weighted by atomic mass is 10.3. The van der Waals surface area contributed by atoms with Gasteiger partial charge in [-0.25, -0.2) is 4.98 Å². The van der Waals surface area contributed by atoms with Crippen LogP contribution in [0.5, 0.6) is 0 Å². The van der Waals surface area contributed by atoms with E-state index in [2.05, 4.69) is 32.5 Å². The number of hydrogen-bond donors (Lipinski definition) is 2. The number of fused-ring (bicyclic) bond motifs is 1. The summed E-state index contributed by atoms with van der Waals surface area (Å²) in [6.45, 7) is 3.55. The van der Waals surface area contributed by atoms with Crippen molar-refractivity contribution >= 4 is 22.9 Å². The number of para-hydroxylation sites is 1. The van der Waals surface area contributed by atoms with Crippen LogP contribution in [-0.4, -0.2) is 31.0 Å². The Balaban J connectivity index is 1.72. The fourth-order valence-corrected chi connectivity index (χ4v) is 2.81. The van der Waals surface area contributed by atoms with Crippen LogP contribution >= 0.6 is 0 Å². The van der Waals surface area contributed by atoms with Gasteiger partial charge in [0, 0.05) is 31.2 Å². The van der Waals surface area contributed by atoms with Crippen LogP contribution in [0.1, 0.15) is 18.9 Å². The zero-order valence-corrected chi connectivity index (χ0v) is 15.1. The van der Waals surface area contributed by atoms with Crippen LogP contribution in [0.15, 0.2) is 61.2 Å². The van der Waals surface area contributed by atoms with Crippen molar-refractivity contribution in [3.8, 4) is 5.69 Å². The molecule has 3 aromatic heterocycles. The SMILES string of the molecule is CCCNc1nc(NCc2cccnc2)nc2c1ncn2-c1ccccc1. The topological polar surface area (TPSA) is 80.6 Å². The van der Waals surface area contributed by atoms with Crippen molar-refractivity contribution in [2.45, 2.75) is 19.9 Å². The Morgan fingerprint density at radius 3 is 2.67 bits per heavy atom. The molecular weight excluding hydrogens is 338 g/mol. The van der Waals surface area contributed by atoms with E-state index >= 15 is 0 Å². The summed E-state index contributed by atoms with van der Waals surface area (Å²) in [5, 5.41) is 6.66. The summed E-state index contributed by atoms with van der Waals surface area (Å²) in [6, 6.07) is 14.0. The van der Waals surface area contributed by atoms with Gasteiger partial charge in [-0.05, 0) is 30.2 Å². The van der Waals surface area contributed by atoms with Gasteiger partial charge < -0.3 is 10.6 Å². The fourth-order valence-electron chi connectivity index (χ4n) is 2.81. The monoisotopic (exact) mass is 359 g/mol. The molecule has 0 unspecified atom stereocenters. The highest BCUT2D eigenvalue weighted by molar-refractivity contribution is 5.85. The van der Waals surface area contributed by atoms with E-state index in [0.29, 0.717) is 12.5 Å². The summed E-state index contributed by atoms with van der Waals surface area (Å²) in [5.41, 5.74) is 3.61. The van der Waals surface area contributed by atoms with Gasteiger partial charge in [-0.15, -0.1) is 0 Å². The molecule has 27 heavy (non-hydrogen) atoms. The maximum atomic E-state index is 4.71. The zero-order chi connectivity index (χ0) is 18.5. The van der Waals surface area contributed by atoms with Gasteiger partial charge in [0.25, 0.3) is 0 Å². The Labute approximate surface area is 157 Å². The largest absolute Gasteiger partial charge is 0.368 e. The number of aromatic nitrogens is 5. The lowest BCUT2D eigenvalue weighted by molar-refractivity contribution is 0.964. The van der Waals surface area contributed by atoms with E-state index in [1.165, 1.54) is 0 Å². The second kappa shape index (κ2) is 7.82. The molecule has 0 aliphatic heterocycles. The molecule has 0 saturated carbocycles. The first-order valence-corrected chi connectivity index (χ1v) is 9.02. The maximum absolute atomic E-state index is 4.71. The molecule has 136 valence electrons. The van der Waals surface area contributed by atoms with Gasteiger partial charge in [-0.3, -0.25) is 9.55 Å². The van der Waals surface area contributed by atoms with Gasteiger partial charge in [0.05, 0.1) is 0 Å². The van der Waals surface area contributed by atoms with Crippen LogP contribution in [0.3, 0.4) is 0 Å². The van der Waals surface area contributed by atoms with Crippen molar-refractivity contribution in [3.63, 3.8) is 0 Å². The van der Waals surface area contributed by atoms with Gasteiger partial charge >= 0.3 is 0 Å². The Kier molecular flexibility index (Phi) is 4.91. The second-order valence-electron chi connectivity index (χ2n) is 6.16. The quantitative estimate of drug-likeness (QED) is 0.524. The van der Waals surface area contributed by atoms with Crippen molar-refractivity contribution in [2.75, 3.05) is 17.2 Å². The molecule has 0 aliphatic carbocycles. The number of nitrogens with zero attached hydrogens (tertiary/aromatic N) is 5. The molecule has 1 aromatic carbocycles. The zero-order valence-electron chi connectivity index (χ0n) is 15.1. The van der Waals surface area contributed by atoms with Crippen LogP contribution in [0.2, 0.25) is 0 Å². The van der Waals surface area contributed by atoms with E-state index in [1.807, 2.05) is 53.2 Å². The van der Waals surface area contributed by atoms with Crippen molar-refractivity contribution in [1.29, 1.82) is 0 Å². The highest BCUT2D eigenvalue weighted by Crippen LogP contribution is 2.23. The van der Waals surface area contributed by atoms with E-state index in [4.69, 9.17) is 4.98 Å². The molecule has 0 aliphatic rings. The highest BCUT2D eigenvalue weighted by Gasteiger charge is 2.14. The number of pyridine rings is 1. The Hall–Kier alpha value is -3.48. The first-order valence-electron chi connectivity index (χ1n) is 9.02. The summed E-state index contributed by atoms with van der Waals surface area (Å²) < 4.78 is 1.98. The second-order valence-corrected chi connectivity index (χ2v) is 6.16. The number of anilines is 2. The Morgan fingerprint density at radius 2 is 1.89 bits per heavy atom. The smallest absolute Gasteiger partial charge is 0.227 e. The van der Waals surface area contributed by atoms with Crippen molar-refractivity contribution < 1.29 is 0 Å². The molecule has 0 bridgehead atoms.